The maximum atomic E-state index is 5.30. The Kier molecular flexibility index (Phi) is 16.5. The molecule has 0 fully saturated rings. The standard InChI is InChI=1S/C96H100GeN8/c1-91(2,3)63-45-47-98-89(55-63)104-81-35-21-19-33-77(81)79-43-41-71(59-87(79)104)97(72-42-44-80-78-34-20-22-36-82(78)105(88(80)60-72)90-56-64(46-48-99-90)92(4,5)6,69-29-27-31-73(57-69)100-61-102(85-39-25-23-37-83(85)100)75-51-65(93(7,8)9)49-66(52-75)94(10,11)12)70-30-28-32-74(58-70)101-62-103(86-40-26-24-38-84(86)101)76-53-67(95(13,14)15)50-68(54-76)96(16,17)18/h19-60H,61-62H2,1-18H3. The van der Waals surface area contributed by atoms with Crippen molar-refractivity contribution in [3.8, 4) is 11.6 Å². The van der Waals surface area contributed by atoms with Crippen molar-refractivity contribution in [3.63, 3.8) is 0 Å². The summed E-state index contributed by atoms with van der Waals surface area (Å²) in [5.41, 5.74) is 21.3. The number of anilines is 8. The van der Waals surface area contributed by atoms with Crippen LogP contribution < -0.4 is 37.2 Å². The molecule has 14 aromatic rings. The number of benzene rings is 10. The molecule has 0 radical (unpaired) electrons. The average molecular weight is 1440 g/mol. The molecule has 0 N–H and O–H groups in total. The molecule has 0 saturated heterocycles. The van der Waals surface area contributed by atoms with Crippen LogP contribution in [0.4, 0.5) is 45.5 Å². The van der Waals surface area contributed by atoms with Gasteiger partial charge in [-0.15, -0.1) is 0 Å². The molecule has 528 valence electrons. The number of pyridine rings is 2. The molecule has 0 unspecified atom stereocenters. The van der Waals surface area contributed by atoms with Crippen molar-refractivity contribution in [3.05, 3.63) is 288 Å². The van der Waals surface area contributed by atoms with Crippen LogP contribution in [0, 0.1) is 0 Å². The first kappa shape index (κ1) is 69.2. The number of hydrogen-bond donors (Lipinski definition) is 0. The molecule has 0 atom stereocenters. The molecular weight excluding hydrogens is 1340 g/mol. The van der Waals surface area contributed by atoms with E-state index in [2.05, 4.69) is 396 Å². The van der Waals surface area contributed by atoms with Crippen LogP contribution in [0.3, 0.4) is 0 Å². The average Bonchev–Trinajstić information content (AvgIpc) is 1.69. The number of nitrogens with zero attached hydrogens (tertiary/aromatic N) is 8. The molecule has 16 rings (SSSR count). The van der Waals surface area contributed by atoms with E-state index >= 15 is 0 Å². The SMILES string of the molecule is CC(C)(C)c1cc(N2CN(c3ccc[c]([Ge]([c]4cccc(N5CN(c6cc(C(C)(C)C)cc(C(C)(C)C)c6)c6ccccc65)c4)([c]4ccc5c6ccccc6n(-c6cc(C(C)(C)C)ccn6)c5c4)[c]4ccc5c6ccccc6n(-c6cc(C(C)(C)C)ccn6)c5c4)c3)c3ccccc32)cc(C(C)(C)C)c1. The van der Waals surface area contributed by atoms with Gasteiger partial charge >= 0.3 is 629 Å². The van der Waals surface area contributed by atoms with Crippen molar-refractivity contribution in [2.75, 3.05) is 32.9 Å². The number of fused-ring (bicyclic) bond motifs is 8. The van der Waals surface area contributed by atoms with Gasteiger partial charge < -0.3 is 0 Å². The van der Waals surface area contributed by atoms with Crippen molar-refractivity contribution in [1.82, 2.24) is 19.1 Å². The van der Waals surface area contributed by atoms with Crippen LogP contribution in [0.5, 0.6) is 0 Å². The molecule has 2 aliphatic heterocycles. The zero-order valence-electron chi connectivity index (χ0n) is 64.7. The Morgan fingerprint density at radius 3 is 0.895 bits per heavy atom. The van der Waals surface area contributed by atoms with E-state index in [1.807, 2.05) is 12.4 Å². The second-order valence-electron chi connectivity index (χ2n) is 35.8. The molecule has 105 heavy (non-hydrogen) atoms. The van der Waals surface area contributed by atoms with Crippen LogP contribution in [-0.2, 0) is 32.5 Å². The van der Waals surface area contributed by atoms with E-state index in [1.165, 1.54) is 107 Å². The zero-order chi connectivity index (χ0) is 73.7. The van der Waals surface area contributed by atoms with Crippen molar-refractivity contribution >= 4 is 120 Å². The predicted molar refractivity (Wildman–Crippen MR) is 451 cm³/mol. The summed E-state index contributed by atoms with van der Waals surface area (Å²) in [7, 11) is 0. The molecular formula is C96H100GeN8. The second kappa shape index (κ2) is 25.0. The minimum atomic E-state index is -4.68. The van der Waals surface area contributed by atoms with Gasteiger partial charge in [0.2, 0.25) is 0 Å². The van der Waals surface area contributed by atoms with Crippen molar-refractivity contribution < 1.29 is 0 Å². The summed E-state index contributed by atoms with van der Waals surface area (Å²) in [5.74, 6) is 1.81. The quantitative estimate of drug-likeness (QED) is 0.127. The Balaban J connectivity index is 0.997. The first-order valence-electron chi connectivity index (χ1n) is 37.7. The van der Waals surface area contributed by atoms with Gasteiger partial charge in [0.1, 0.15) is 0 Å². The molecule has 0 aliphatic carbocycles. The van der Waals surface area contributed by atoms with Crippen LogP contribution in [0.25, 0.3) is 55.2 Å². The fourth-order valence-electron chi connectivity index (χ4n) is 16.3. The van der Waals surface area contributed by atoms with Crippen LogP contribution in [-0.4, -0.2) is 45.7 Å². The monoisotopic (exact) mass is 1440 g/mol. The Morgan fingerprint density at radius 2 is 0.552 bits per heavy atom. The van der Waals surface area contributed by atoms with E-state index in [0.717, 1.165) is 45.1 Å². The number of rotatable bonds is 10. The molecule has 0 spiro atoms. The maximum absolute atomic E-state index is 5.30. The second-order valence-corrected chi connectivity index (χ2v) is 43.8. The van der Waals surface area contributed by atoms with E-state index in [-0.39, 0.29) is 32.5 Å². The summed E-state index contributed by atoms with van der Waals surface area (Å²) in [6.07, 6.45) is 4.01. The number of para-hydroxylation sites is 6. The molecule has 2 aliphatic rings. The fourth-order valence-corrected chi connectivity index (χ4v) is 26.4. The fraction of sp³-hybridized carbons (Fsp3) is 0.271. The van der Waals surface area contributed by atoms with Gasteiger partial charge in [0, 0.05) is 0 Å². The Hall–Kier alpha value is -10.2. The molecule has 4 aromatic heterocycles. The van der Waals surface area contributed by atoms with Gasteiger partial charge in [-0.05, 0) is 0 Å². The van der Waals surface area contributed by atoms with Gasteiger partial charge in [-0.2, -0.15) is 0 Å². The Morgan fingerprint density at radius 1 is 0.248 bits per heavy atom. The summed E-state index contributed by atoms with van der Waals surface area (Å²) >= 11 is -4.68. The summed E-state index contributed by atoms with van der Waals surface area (Å²) in [5, 5.41) is 4.77. The van der Waals surface area contributed by atoms with Crippen LogP contribution in [0.15, 0.2) is 255 Å². The molecule has 9 heteroatoms. The molecule has 0 bridgehead atoms. The van der Waals surface area contributed by atoms with Crippen molar-refractivity contribution in [2.45, 2.75) is 157 Å². The molecule has 0 amide bonds. The number of aromatic nitrogens is 4. The van der Waals surface area contributed by atoms with E-state index in [4.69, 9.17) is 9.97 Å². The predicted octanol–water partition coefficient (Wildman–Crippen LogP) is 22.3. The third-order valence-electron chi connectivity index (χ3n) is 22.5. The van der Waals surface area contributed by atoms with Crippen LogP contribution >= 0.6 is 0 Å². The van der Waals surface area contributed by atoms with E-state index in [9.17, 15) is 0 Å². The minimum absolute atomic E-state index is 0.0589. The molecule has 6 heterocycles. The molecule has 10 aromatic carbocycles. The normalized spacial score (nSPS) is 14.0. The third kappa shape index (κ3) is 12.1. The first-order valence-corrected chi connectivity index (χ1v) is 41.8. The van der Waals surface area contributed by atoms with Gasteiger partial charge in [0.15, 0.2) is 0 Å². The number of hydrogen-bond acceptors (Lipinski definition) is 6. The van der Waals surface area contributed by atoms with E-state index in [1.54, 1.807) is 0 Å². The van der Waals surface area contributed by atoms with Crippen molar-refractivity contribution in [1.29, 1.82) is 0 Å². The zero-order valence-corrected chi connectivity index (χ0v) is 66.8. The van der Waals surface area contributed by atoms with Gasteiger partial charge in [0.25, 0.3) is 0 Å². The summed E-state index contributed by atoms with van der Waals surface area (Å²) in [6.45, 7) is 43.1. The van der Waals surface area contributed by atoms with Crippen molar-refractivity contribution in [2.24, 2.45) is 0 Å². The summed E-state index contributed by atoms with van der Waals surface area (Å²) < 4.78 is 10.1. The van der Waals surface area contributed by atoms with Crippen LogP contribution in [0.1, 0.15) is 158 Å². The van der Waals surface area contributed by atoms with Crippen LogP contribution in [0.2, 0.25) is 0 Å². The first-order chi connectivity index (χ1) is 49.8. The molecule has 8 nitrogen and oxygen atoms in total. The third-order valence-corrected chi connectivity index (χ3v) is 32.4. The van der Waals surface area contributed by atoms with E-state index < -0.39 is 13.3 Å². The van der Waals surface area contributed by atoms with Gasteiger partial charge in [-0.25, -0.2) is 0 Å². The summed E-state index contributed by atoms with van der Waals surface area (Å²) in [4.78, 5) is 20.8. The topological polar surface area (TPSA) is 48.6 Å². The van der Waals surface area contributed by atoms with Gasteiger partial charge in [-0.3, -0.25) is 0 Å². The van der Waals surface area contributed by atoms with E-state index in [0.29, 0.717) is 13.3 Å². The summed E-state index contributed by atoms with van der Waals surface area (Å²) in [6, 6.07) is 94.4. The Bertz CT molecular complexity index is 5330. The Labute approximate surface area is 625 Å². The molecule has 0 saturated carbocycles. The van der Waals surface area contributed by atoms with Gasteiger partial charge in [0.05, 0.1) is 0 Å². The van der Waals surface area contributed by atoms with Gasteiger partial charge in [-0.1, -0.05) is 0 Å².